The van der Waals surface area contributed by atoms with E-state index in [9.17, 15) is 4.79 Å². The minimum atomic E-state index is 0.248. The summed E-state index contributed by atoms with van der Waals surface area (Å²) in [5.41, 5.74) is 2.57. The van der Waals surface area contributed by atoms with Crippen LogP contribution in [0.5, 0.6) is 0 Å². The molecule has 1 fully saturated rings. The largest absolute Gasteiger partial charge is 0.356 e. The number of rotatable bonds is 4. The zero-order chi connectivity index (χ0) is 11.4. The third-order valence-electron chi connectivity index (χ3n) is 3.31. The first kappa shape index (κ1) is 11.2. The molecule has 0 spiro atoms. The Morgan fingerprint density at radius 3 is 2.56 bits per heavy atom. The fraction of sp³-hybridized carbons (Fsp3) is 0.500. The van der Waals surface area contributed by atoms with Gasteiger partial charge in [0.25, 0.3) is 0 Å². The summed E-state index contributed by atoms with van der Waals surface area (Å²) in [5, 5.41) is 3.01. The Labute approximate surface area is 97.1 Å². The van der Waals surface area contributed by atoms with Crippen LogP contribution in [0.1, 0.15) is 30.4 Å². The van der Waals surface area contributed by atoms with E-state index in [-0.39, 0.29) is 5.91 Å². The molecule has 2 heteroatoms. The maximum absolute atomic E-state index is 11.6. The lowest BCUT2D eigenvalue weighted by Gasteiger charge is -2.24. The highest BCUT2D eigenvalue weighted by Crippen LogP contribution is 2.26. The van der Waals surface area contributed by atoms with Gasteiger partial charge in [-0.25, -0.2) is 0 Å². The van der Waals surface area contributed by atoms with Gasteiger partial charge < -0.3 is 5.32 Å². The van der Waals surface area contributed by atoms with Crippen LogP contribution in [-0.4, -0.2) is 12.5 Å². The van der Waals surface area contributed by atoms with Gasteiger partial charge in [-0.3, -0.25) is 4.79 Å². The molecule has 0 aliphatic heterocycles. The zero-order valence-electron chi connectivity index (χ0n) is 9.83. The van der Waals surface area contributed by atoms with E-state index < -0.39 is 0 Å². The third-order valence-corrected chi connectivity index (χ3v) is 3.31. The van der Waals surface area contributed by atoms with Crippen molar-refractivity contribution in [3.63, 3.8) is 0 Å². The van der Waals surface area contributed by atoms with Crippen LogP contribution >= 0.6 is 0 Å². The number of carbonyl (C=O) groups excluding carboxylic acids is 1. The minimum absolute atomic E-state index is 0.248. The molecular weight excluding hydrogens is 198 g/mol. The van der Waals surface area contributed by atoms with Crippen molar-refractivity contribution >= 4 is 5.91 Å². The molecule has 0 saturated heterocycles. The SMILES string of the molecule is Cc1ccc(CCNC(=O)C2CCC2)cc1. The molecule has 1 aliphatic carbocycles. The molecule has 0 atom stereocenters. The van der Waals surface area contributed by atoms with Crippen LogP contribution in [0.2, 0.25) is 0 Å². The second kappa shape index (κ2) is 5.15. The van der Waals surface area contributed by atoms with E-state index >= 15 is 0 Å². The van der Waals surface area contributed by atoms with Crippen LogP contribution in [0.3, 0.4) is 0 Å². The van der Waals surface area contributed by atoms with Crippen molar-refractivity contribution in [1.82, 2.24) is 5.32 Å². The first-order valence-electron chi connectivity index (χ1n) is 6.09. The predicted octanol–water partition coefficient (Wildman–Crippen LogP) is 2.45. The molecule has 1 aliphatic rings. The normalized spacial score (nSPS) is 15.6. The molecule has 1 aromatic rings. The van der Waals surface area contributed by atoms with E-state index in [1.807, 2.05) is 0 Å². The number of benzene rings is 1. The maximum atomic E-state index is 11.6. The molecule has 0 unspecified atom stereocenters. The summed E-state index contributed by atoms with van der Waals surface area (Å²) in [7, 11) is 0. The highest BCUT2D eigenvalue weighted by Gasteiger charge is 2.24. The molecule has 1 amide bonds. The monoisotopic (exact) mass is 217 g/mol. The van der Waals surface area contributed by atoms with E-state index in [1.54, 1.807) is 0 Å². The Hall–Kier alpha value is -1.31. The Kier molecular flexibility index (Phi) is 3.60. The second-order valence-electron chi connectivity index (χ2n) is 4.65. The van der Waals surface area contributed by atoms with E-state index in [4.69, 9.17) is 0 Å². The summed E-state index contributed by atoms with van der Waals surface area (Å²) in [4.78, 5) is 11.6. The van der Waals surface area contributed by atoms with Gasteiger partial charge in [0.2, 0.25) is 5.91 Å². The summed E-state index contributed by atoms with van der Waals surface area (Å²) < 4.78 is 0. The molecule has 16 heavy (non-hydrogen) atoms. The van der Waals surface area contributed by atoms with Crippen LogP contribution in [0.4, 0.5) is 0 Å². The van der Waals surface area contributed by atoms with Gasteiger partial charge in [0.1, 0.15) is 0 Å². The van der Waals surface area contributed by atoms with Gasteiger partial charge >= 0.3 is 0 Å². The molecule has 1 saturated carbocycles. The Bertz CT molecular complexity index is 352. The summed E-state index contributed by atoms with van der Waals surface area (Å²) in [6, 6.07) is 8.49. The zero-order valence-corrected chi connectivity index (χ0v) is 9.83. The molecule has 0 radical (unpaired) electrons. The molecule has 1 aromatic carbocycles. The average molecular weight is 217 g/mol. The second-order valence-corrected chi connectivity index (χ2v) is 4.65. The van der Waals surface area contributed by atoms with Gasteiger partial charge in [-0.2, -0.15) is 0 Å². The number of hydrogen-bond acceptors (Lipinski definition) is 1. The van der Waals surface area contributed by atoms with Gasteiger partial charge in [0.05, 0.1) is 0 Å². The molecule has 0 bridgehead atoms. The summed E-state index contributed by atoms with van der Waals surface area (Å²) in [5.74, 6) is 0.552. The van der Waals surface area contributed by atoms with Crippen LogP contribution in [0.25, 0.3) is 0 Å². The number of amides is 1. The summed E-state index contributed by atoms with van der Waals surface area (Å²) >= 11 is 0. The standard InChI is InChI=1S/C14H19NO/c1-11-5-7-12(8-6-11)9-10-15-14(16)13-3-2-4-13/h5-8,13H,2-4,9-10H2,1H3,(H,15,16). The van der Waals surface area contributed by atoms with Crippen molar-refractivity contribution in [3.8, 4) is 0 Å². The van der Waals surface area contributed by atoms with Crippen LogP contribution in [0.15, 0.2) is 24.3 Å². The lowest BCUT2D eigenvalue weighted by Crippen LogP contribution is -2.35. The molecule has 0 heterocycles. The van der Waals surface area contributed by atoms with E-state index in [0.717, 1.165) is 25.8 Å². The van der Waals surface area contributed by atoms with Crippen molar-refractivity contribution < 1.29 is 4.79 Å². The quantitative estimate of drug-likeness (QED) is 0.824. The lowest BCUT2D eigenvalue weighted by atomic mass is 9.85. The smallest absolute Gasteiger partial charge is 0.223 e. The van der Waals surface area contributed by atoms with E-state index in [0.29, 0.717) is 5.92 Å². The number of carbonyl (C=O) groups is 1. The van der Waals surface area contributed by atoms with Gasteiger partial charge in [0, 0.05) is 12.5 Å². The van der Waals surface area contributed by atoms with Crippen molar-refractivity contribution in [2.45, 2.75) is 32.6 Å². The van der Waals surface area contributed by atoms with E-state index in [2.05, 4.69) is 36.5 Å². The average Bonchev–Trinajstić information content (AvgIpc) is 2.18. The fourth-order valence-electron chi connectivity index (χ4n) is 1.90. The van der Waals surface area contributed by atoms with Crippen molar-refractivity contribution in [2.24, 2.45) is 5.92 Å². The molecule has 0 aromatic heterocycles. The van der Waals surface area contributed by atoms with Gasteiger partial charge in [-0.1, -0.05) is 36.2 Å². The number of aryl methyl sites for hydroxylation is 1. The predicted molar refractivity (Wildman–Crippen MR) is 65.2 cm³/mol. The first-order chi connectivity index (χ1) is 7.75. The Balaban J connectivity index is 1.71. The first-order valence-corrected chi connectivity index (χ1v) is 6.09. The summed E-state index contributed by atoms with van der Waals surface area (Å²) in [6.07, 6.45) is 4.31. The summed E-state index contributed by atoms with van der Waals surface area (Å²) in [6.45, 7) is 2.85. The van der Waals surface area contributed by atoms with Crippen molar-refractivity contribution in [1.29, 1.82) is 0 Å². The van der Waals surface area contributed by atoms with Gasteiger partial charge in [-0.15, -0.1) is 0 Å². The Morgan fingerprint density at radius 2 is 2.00 bits per heavy atom. The Morgan fingerprint density at radius 1 is 1.31 bits per heavy atom. The molecular formula is C14H19NO. The molecule has 86 valence electrons. The highest BCUT2D eigenvalue weighted by atomic mass is 16.1. The fourth-order valence-corrected chi connectivity index (χ4v) is 1.90. The van der Waals surface area contributed by atoms with Crippen molar-refractivity contribution in [3.05, 3.63) is 35.4 Å². The highest BCUT2D eigenvalue weighted by molar-refractivity contribution is 5.79. The van der Waals surface area contributed by atoms with Gasteiger partial charge in [0.15, 0.2) is 0 Å². The van der Waals surface area contributed by atoms with E-state index in [1.165, 1.54) is 17.5 Å². The van der Waals surface area contributed by atoms with Crippen LogP contribution in [0, 0.1) is 12.8 Å². The van der Waals surface area contributed by atoms with Gasteiger partial charge in [-0.05, 0) is 31.7 Å². The third kappa shape index (κ3) is 2.84. The van der Waals surface area contributed by atoms with Crippen LogP contribution < -0.4 is 5.32 Å². The van der Waals surface area contributed by atoms with Crippen LogP contribution in [-0.2, 0) is 11.2 Å². The molecule has 1 N–H and O–H groups in total. The van der Waals surface area contributed by atoms with Crippen molar-refractivity contribution in [2.75, 3.05) is 6.54 Å². The number of nitrogens with one attached hydrogen (secondary N) is 1. The maximum Gasteiger partial charge on any atom is 0.223 e. The number of hydrogen-bond donors (Lipinski definition) is 1. The topological polar surface area (TPSA) is 29.1 Å². The minimum Gasteiger partial charge on any atom is -0.356 e. The lowest BCUT2D eigenvalue weighted by molar-refractivity contribution is -0.127. The molecule has 2 rings (SSSR count). The molecule has 2 nitrogen and oxygen atoms in total.